The maximum absolute atomic E-state index is 13.0. The maximum atomic E-state index is 13.0. The number of hydrogen-bond donors (Lipinski definition) is 0. The number of hydroxylamine groups is 2. The molecule has 1 saturated heterocycles. The van der Waals surface area contributed by atoms with Crippen LogP contribution in [0.2, 0.25) is 0 Å². The summed E-state index contributed by atoms with van der Waals surface area (Å²) in [5.74, 6) is -1.72. The van der Waals surface area contributed by atoms with E-state index in [2.05, 4.69) is 25.3 Å². The Balaban J connectivity index is 0.0000134. The van der Waals surface area contributed by atoms with Gasteiger partial charge in [0.1, 0.15) is 34.9 Å². The number of carbonyl (C=O) groups excluding carboxylic acids is 3. The molecule has 0 spiro atoms. The summed E-state index contributed by atoms with van der Waals surface area (Å²) >= 11 is 0. The maximum Gasteiger partial charge on any atom is 1.00 e. The molecule has 5 rings (SSSR count). The summed E-state index contributed by atoms with van der Waals surface area (Å²) in [6.45, 7) is 15.3. The summed E-state index contributed by atoms with van der Waals surface area (Å²) in [6.07, 6.45) is 5.01. The molecule has 22 nitrogen and oxygen atoms in total. The Morgan fingerprint density at radius 2 is 1.29 bits per heavy atom. The number of carbonyl (C=O) groups is 3. The monoisotopic (exact) mass is 1160 g/mol. The Kier molecular flexibility index (Phi) is 28.4. The van der Waals surface area contributed by atoms with E-state index in [0.717, 1.165) is 22.6 Å². The number of rotatable bonds is 36. The van der Waals surface area contributed by atoms with Gasteiger partial charge in [-0.05, 0) is 85.2 Å². The summed E-state index contributed by atoms with van der Waals surface area (Å²) in [6, 6.07) is 11.9. The molecular weight excluding hydrogens is 1080 g/mol. The summed E-state index contributed by atoms with van der Waals surface area (Å²) in [5.41, 5.74) is 1.80. The molecule has 1 aromatic rings. The SMILES string of the molecule is COCCOCCOCCOCC[N+](CCOCCOCCOCCOC)=c1ccc2c(C(C)(C)C)cc(/C=C/C=C3/N(CCCS(=O)(=O)[O-])c4ccc(S(=O)(=O)[O-])cc4C3(C)CCCC(=O)ON3C(=O)CCC3=O)oc-2c1.[Na+]. The van der Waals surface area contributed by atoms with Crippen LogP contribution in [-0.4, -0.2) is 181 Å². The van der Waals surface area contributed by atoms with E-state index >= 15 is 0 Å². The van der Waals surface area contributed by atoms with E-state index in [-0.39, 0.29) is 80.0 Å². The van der Waals surface area contributed by atoms with Crippen LogP contribution in [0.4, 0.5) is 5.69 Å². The topological polar surface area (TPSA) is 271 Å². The molecule has 1 aromatic carbocycles. The number of amides is 2. The quantitative estimate of drug-likeness (QED) is 0.0260. The van der Waals surface area contributed by atoms with Gasteiger partial charge in [0.2, 0.25) is 5.36 Å². The van der Waals surface area contributed by atoms with Gasteiger partial charge in [0, 0.05) is 74.2 Å². The van der Waals surface area contributed by atoms with Crippen molar-refractivity contribution >= 4 is 49.8 Å². The first kappa shape index (κ1) is 67.5. The summed E-state index contributed by atoms with van der Waals surface area (Å²) < 4.78 is 125. The molecule has 79 heavy (non-hydrogen) atoms. The van der Waals surface area contributed by atoms with E-state index in [1.54, 1.807) is 44.3 Å². The average molecular weight is 1160 g/mol. The van der Waals surface area contributed by atoms with Crippen molar-refractivity contribution < 1.29 is 117 Å². The van der Waals surface area contributed by atoms with Gasteiger partial charge in [0.25, 0.3) is 11.8 Å². The Morgan fingerprint density at radius 3 is 1.81 bits per heavy atom. The third kappa shape index (κ3) is 21.7. The fraction of sp³-hybridized carbons (Fsp3) is 0.593. The van der Waals surface area contributed by atoms with Crippen molar-refractivity contribution in [2.24, 2.45) is 0 Å². The first-order valence-corrected chi connectivity index (χ1v) is 29.0. The third-order valence-corrected chi connectivity index (χ3v) is 14.5. The van der Waals surface area contributed by atoms with E-state index in [0.29, 0.717) is 139 Å². The van der Waals surface area contributed by atoms with Crippen molar-refractivity contribution in [2.75, 3.05) is 137 Å². The zero-order chi connectivity index (χ0) is 56.8. The second-order valence-corrected chi connectivity index (χ2v) is 22.6. The molecule has 0 bridgehead atoms. The molecular formula is C54H76N3NaO19S2. The standard InChI is InChI=1S/C54H77N3O19S2.Na/c1-53(2,3)45-39-42(75-48-38-41(13-15-44(45)48)55(21-23-69-29-31-73-35-33-71-27-25-67-5)22-24-70-30-32-74-36-34-72-28-26-68-6)10-7-11-49-54(4,19-8-12-52(60)76-57-50(58)17-18-51(57)59)46-40-43(78(64,65)66)14-16-47(46)56(49)20-9-37-77(61,62)63;/h7,10-11,13-16,38-40H,8-9,12,17-37H2,1-6H3,(H-,61,62,63,64,65,66);/q;+1/p-1. The van der Waals surface area contributed by atoms with Crippen LogP contribution in [0, 0.1) is 0 Å². The van der Waals surface area contributed by atoms with Crippen molar-refractivity contribution in [2.45, 2.75) is 81.9 Å². The molecule has 4 aliphatic rings. The molecule has 0 aromatic heterocycles. The van der Waals surface area contributed by atoms with Gasteiger partial charge >= 0.3 is 35.5 Å². The Labute approximate surface area is 486 Å². The van der Waals surface area contributed by atoms with Gasteiger partial charge in [0.15, 0.2) is 13.1 Å². The molecule has 1 fully saturated rings. The van der Waals surface area contributed by atoms with Crippen molar-refractivity contribution in [1.29, 1.82) is 0 Å². The largest absolute Gasteiger partial charge is 1.00 e. The number of ether oxygens (including phenoxy) is 8. The number of benzene rings is 2. The minimum atomic E-state index is -4.94. The number of nitrogens with zero attached hydrogens (tertiary/aromatic N) is 3. The normalized spacial score (nSPS) is 16.4. The predicted molar refractivity (Wildman–Crippen MR) is 284 cm³/mol. The van der Waals surface area contributed by atoms with E-state index in [4.69, 9.17) is 47.1 Å². The summed E-state index contributed by atoms with van der Waals surface area (Å²) in [4.78, 5) is 43.6. The van der Waals surface area contributed by atoms with Crippen LogP contribution >= 0.6 is 0 Å². The van der Waals surface area contributed by atoms with Crippen LogP contribution in [-0.2, 0) is 88.2 Å². The van der Waals surface area contributed by atoms with E-state index < -0.39 is 54.1 Å². The van der Waals surface area contributed by atoms with Gasteiger partial charge < -0.3 is 61.2 Å². The molecule has 0 saturated carbocycles. The first-order chi connectivity index (χ1) is 37.2. The third-order valence-electron chi connectivity index (χ3n) is 12.9. The first-order valence-electron chi connectivity index (χ1n) is 26.0. The Hall–Kier alpha value is -3.96. The Bertz CT molecular complexity index is 2740. The van der Waals surface area contributed by atoms with Crippen molar-refractivity contribution in [3.8, 4) is 11.3 Å². The van der Waals surface area contributed by atoms with Gasteiger partial charge in [-0.1, -0.05) is 26.8 Å². The molecule has 1 aliphatic carbocycles. The van der Waals surface area contributed by atoms with Gasteiger partial charge in [-0.15, -0.1) is 5.06 Å². The van der Waals surface area contributed by atoms with Crippen molar-refractivity contribution in [1.82, 2.24) is 9.64 Å². The smallest absolute Gasteiger partial charge is 0.748 e. The summed E-state index contributed by atoms with van der Waals surface area (Å²) in [7, 11) is -6.32. The van der Waals surface area contributed by atoms with E-state index in [1.807, 2.05) is 24.3 Å². The minimum Gasteiger partial charge on any atom is -0.748 e. The van der Waals surface area contributed by atoms with Crippen molar-refractivity contribution in [3.05, 3.63) is 82.6 Å². The van der Waals surface area contributed by atoms with E-state index in [1.165, 1.54) is 12.1 Å². The average Bonchev–Trinajstić information content (AvgIpc) is 4.07. The van der Waals surface area contributed by atoms with Crippen LogP contribution in [0.25, 0.3) is 17.4 Å². The van der Waals surface area contributed by atoms with E-state index in [9.17, 15) is 40.3 Å². The number of methoxy groups -OCH3 is 2. The molecule has 2 amide bonds. The molecule has 3 aliphatic heterocycles. The fourth-order valence-corrected chi connectivity index (χ4v) is 9.88. The van der Waals surface area contributed by atoms with Gasteiger partial charge in [-0.2, -0.15) is 0 Å². The molecule has 1 unspecified atom stereocenters. The van der Waals surface area contributed by atoms with Crippen molar-refractivity contribution in [3.63, 3.8) is 0 Å². The molecule has 0 N–H and O–H groups in total. The number of hydrogen-bond acceptors (Lipinski definition) is 20. The van der Waals surface area contributed by atoms with Gasteiger partial charge in [-0.3, -0.25) is 9.59 Å². The predicted octanol–water partition coefficient (Wildman–Crippen LogP) is 1.14. The molecule has 0 radical (unpaired) electrons. The number of imide groups is 1. The molecule has 434 valence electrons. The number of allylic oxidation sites excluding steroid dienone is 3. The fourth-order valence-electron chi connectivity index (χ4n) is 8.90. The molecule has 25 heteroatoms. The number of fused-ring (bicyclic) bond motifs is 2. The second-order valence-electron chi connectivity index (χ2n) is 19.7. The van der Waals surface area contributed by atoms with Crippen LogP contribution in [0.15, 0.2) is 69.6 Å². The van der Waals surface area contributed by atoms with Crippen LogP contribution in [0.1, 0.15) is 83.1 Å². The zero-order valence-corrected chi connectivity index (χ0v) is 50.3. The summed E-state index contributed by atoms with van der Waals surface area (Å²) in [5, 5.41) is 1.31. The molecule has 1 atom stereocenters. The minimum absolute atomic E-state index is 0. The zero-order valence-electron chi connectivity index (χ0n) is 46.7. The van der Waals surface area contributed by atoms with Gasteiger partial charge in [0.05, 0.1) is 100 Å². The second kappa shape index (κ2) is 33.2. The molecule has 3 heterocycles. The van der Waals surface area contributed by atoms with Crippen LogP contribution in [0.3, 0.4) is 0 Å². The van der Waals surface area contributed by atoms with Crippen LogP contribution in [0.5, 0.6) is 0 Å². The van der Waals surface area contributed by atoms with Gasteiger partial charge in [-0.25, -0.2) is 26.2 Å². The van der Waals surface area contributed by atoms with Crippen LogP contribution < -0.4 is 44.4 Å². The number of anilines is 1. The Morgan fingerprint density at radius 1 is 0.747 bits per heavy atom.